The summed E-state index contributed by atoms with van der Waals surface area (Å²) in [6, 6.07) is 17.2. The van der Waals surface area contributed by atoms with Gasteiger partial charge in [0.1, 0.15) is 5.75 Å². The van der Waals surface area contributed by atoms with Gasteiger partial charge in [-0.15, -0.1) is 10.2 Å². The first kappa shape index (κ1) is 20.1. The summed E-state index contributed by atoms with van der Waals surface area (Å²) in [4.78, 5) is 2.25. The van der Waals surface area contributed by atoms with Gasteiger partial charge in [-0.05, 0) is 36.4 Å². The van der Waals surface area contributed by atoms with Crippen molar-refractivity contribution in [1.82, 2.24) is 10.2 Å². The summed E-state index contributed by atoms with van der Waals surface area (Å²) >= 11 is 0. The molecule has 4 rings (SSSR count). The second-order valence-corrected chi connectivity index (χ2v) is 8.42. The molecule has 0 atom stereocenters. The average molecular weight is 426 g/mol. The Morgan fingerprint density at radius 3 is 2.53 bits per heavy atom. The van der Waals surface area contributed by atoms with Crippen LogP contribution in [0.4, 0.5) is 11.5 Å². The van der Waals surface area contributed by atoms with E-state index in [1.807, 2.05) is 18.2 Å². The van der Waals surface area contributed by atoms with Gasteiger partial charge in [0.05, 0.1) is 30.9 Å². The zero-order valence-electron chi connectivity index (χ0n) is 16.5. The van der Waals surface area contributed by atoms with Crippen LogP contribution >= 0.6 is 0 Å². The maximum atomic E-state index is 12.7. The Hall–Kier alpha value is -3.17. The van der Waals surface area contributed by atoms with Crippen molar-refractivity contribution < 1.29 is 17.9 Å². The minimum atomic E-state index is -3.75. The Morgan fingerprint density at radius 1 is 1.00 bits per heavy atom. The standard InChI is InChI=1S/C21H22N4O4S/c1-28-18-6-3-7-19(15-18)30(26,27)24-17-5-2-4-16(14-17)20-8-9-21(23-22-20)25-10-12-29-13-11-25/h2-9,14-15,24H,10-13H2,1H3. The lowest BCUT2D eigenvalue weighted by atomic mass is 10.1. The van der Waals surface area contributed by atoms with Crippen LogP contribution in [0.3, 0.4) is 0 Å². The van der Waals surface area contributed by atoms with Crippen LogP contribution in [0, 0.1) is 0 Å². The highest BCUT2D eigenvalue weighted by Crippen LogP contribution is 2.25. The minimum Gasteiger partial charge on any atom is -0.497 e. The molecule has 3 aromatic rings. The van der Waals surface area contributed by atoms with Crippen LogP contribution in [0.1, 0.15) is 0 Å². The maximum Gasteiger partial charge on any atom is 0.262 e. The summed E-state index contributed by atoms with van der Waals surface area (Å²) < 4.78 is 38.5. The van der Waals surface area contributed by atoms with E-state index in [-0.39, 0.29) is 4.90 Å². The summed E-state index contributed by atoms with van der Waals surface area (Å²) in [5.74, 6) is 1.28. The van der Waals surface area contributed by atoms with E-state index in [9.17, 15) is 8.42 Å². The predicted molar refractivity (Wildman–Crippen MR) is 114 cm³/mol. The number of hydrogen-bond acceptors (Lipinski definition) is 7. The van der Waals surface area contributed by atoms with Crippen molar-refractivity contribution in [2.24, 2.45) is 0 Å². The number of sulfonamides is 1. The molecule has 1 aliphatic rings. The van der Waals surface area contributed by atoms with Gasteiger partial charge in [-0.2, -0.15) is 0 Å². The Labute approximate surface area is 175 Å². The summed E-state index contributed by atoms with van der Waals surface area (Å²) in [6.07, 6.45) is 0. The number of ether oxygens (including phenoxy) is 2. The number of rotatable bonds is 6. The number of morpholine rings is 1. The van der Waals surface area contributed by atoms with Gasteiger partial charge in [-0.3, -0.25) is 4.72 Å². The number of anilines is 2. The molecule has 8 nitrogen and oxygen atoms in total. The first-order chi connectivity index (χ1) is 14.5. The third kappa shape index (κ3) is 4.52. The minimum absolute atomic E-state index is 0.127. The highest BCUT2D eigenvalue weighted by Gasteiger charge is 2.16. The van der Waals surface area contributed by atoms with Gasteiger partial charge in [0.15, 0.2) is 5.82 Å². The van der Waals surface area contributed by atoms with Crippen molar-refractivity contribution in [3.05, 3.63) is 60.7 Å². The van der Waals surface area contributed by atoms with E-state index in [0.29, 0.717) is 30.3 Å². The average Bonchev–Trinajstić information content (AvgIpc) is 2.80. The van der Waals surface area contributed by atoms with Crippen molar-refractivity contribution >= 4 is 21.5 Å². The Balaban J connectivity index is 1.53. The second-order valence-electron chi connectivity index (χ2n) is 6.74. The van der Waals surface area contributed by atoms with Crippen LogP contribution in [0.5, 0.6) is 5.75 Å². The third-order valence-corrected chi connectivity index (χ3v) is 6.13. The normalized spacial score (nSPS) is 14.4. The van der Waals surface area contributed by atoms with E-state index in [1.54, 1.807) is 30.3 Å². The fraction of sp³-hybridized carbons (Fsp3) is 0.238. The molecule has 9 heteroatoms. The maximum absolute atomic E-state index is 12.7. The molecule has 1 N–H and O–H groups in total. The molecular formula is C21H22N4O4S. The van der Waals surface area contributed by atoms with Crippen molar-refractivity contribution in [2.75, 3.05) is 43.0 Å². The van der Waals surface area contributed by atoms with Gasteiger partial charge in [0.25, 0.3) is 10.0 Å². The molecule has 30 heavy (non-hydrogen) atoms. The fourth-order valence-corrected chi connectivity index (χ4v) is 4.25. The fourth-order valence-electron chi connectivity index (χ4n) is 3.16. The number of nitrogens with one attached hydrogen (secondary N) is 1. The highest BCUT2D eigenvalue weighted by atomic mass is 32.2. The molecule has 1 saturated heterocycles. The molecule has 0 bridgehead atoms. The van der Waals surface area contributed by atoms with Crippen molar-refractivity contribution in [3.63, 3.8) is 0 Å². The first-order valence-electron chi connectivity index (χ1n) is 9.49. The highest BCUT2D eigenvalue weighted by molar-refractivity contribution is 7.92. The van der Waals surface area contributed by atoms with Crippen LogP contribution in [-0.2, 0) is 14.8 Å². The zero-order valence-corrected chi connectivity index (χ0v) is 17.3. The third-order valence-electron chi connectivity index (χ3n) is 4.75. The second kappa shape index (κ2) is 8.68. The lowest BCUT2D eigenvalue weighted by Gasteiger charge is -2.27. The van der Waals surface area contributed by atoms with E-state index < -0.39 is 10.0 Å². The number of nitrogens with zero attached hydrogens (tertiary/aromatic N) is 3. The number of benzene rings is 2. The van der Waals surface area contributed by atoms with Crippen LogP contribution in [0.15, 0.2) is 65.6 Å². The molecule has 2 heterocycles. The molecule has 0 saturated carbocycles. The van der Waals surface area contributed by atoms with Gasteiger partial charge in [-0.25, -0.2) is 8.42 Å². The van der Waals surface area contributed by atoms with Crippen molar-refractivity contribution in [3.8, 4) is 17.0 Å². The van der Waals surface area contributed by atoms with Crippen LogP contribution < -0.4 is 14.4 Å². The van der Waals surface area contributed by atoms with E-state index >= 15 is 0 Å². The molecule has 0 aliphatic carbocycles. The monoisotopic (exact) mass is 426 g/mol. The van der Waals surface area contributed by atoms with E-state index in [1.165, 1.54) is 19.2 Å². The SMILES string of the molecule is COc1cccc(S(=O)(=O)Nc2cccc(-c3ccc(N4CCOCC4)nn3)c2)c1. The van der Waals surface area contributed by atoms with E-state index in [0.717, 1.165) is 24.5 Å². The molecule has 0 amide bonds. The molecular weight excluding hydrogens is 404 g/mol. The first-order valence-corrected chi connectivity index (χ1v) is 11.0. The Bertz CT molecular complexity index is 1110. The molecule has 156 valence electrons. The Kier molecular flexibility index (Phi) is 5.82. The van der Waals surface area contributed by atoms with E-state index in [4.69, 9.17) is 9.47 Å². The predicted octanol–water partition coefficient (Wildman–Crippen LogP) is 2.79. The largest absolute Gasteiger partial charge is 0.497 e. The van der Waals surface area contributed by atoms with Crippen molar-refractivity contribution in [2.45, 2.75) is 4.90 Å². The number of aromatic nitrogens is 2. The molecule has 1 fully saturated rings. The molecule has 0 unspecified atom stereocenters. The van der Waals surface area contributed by atoms with E-state index in [2.05, 4.69) is 19.8 Å². The molecule has 2 aromatic carbocycles. The van der Waals surface area contributed by atoms with Gasteiger partial charge >= 0.3 is 0 Å². The number of hydrogen-bond donors (Lipinski definition) is 1. The summed E-state index contributed by atoms with van der Waals surface area (Å²) in [5.41, 5.74) is 1.87. The lowest BCUT2D eigenvalue weighted by molar-refractivity contribution is 0.122. The van der Waals surface area contributed by atoms with Crippen molar-refractivity contribution in [1.29, 1.82) is 0 Å². The smallest absolute Gasteiger partial charge is 0.262 e. The van der Waals surface area contributed by atoms with Crippen LogP contribution in [0.2, 0.25) is 0 Å². The molecule has 0 radical (unpaired) electrons. The van der Waals surface area contributed by atoms with Gasteiger partial charge < -0.3 is 14.4 Å². The summed E-state index contributed by atoms with van der Waals surface area (Å²) in [7, 11) is -2.26. The number of methoxy groups -OCH3 is 1. The summed E-state index contributed by atoms with van der Waals surface area (Å²) in [6.45, 7) is 2.93. The lowest BCUT2D eigenvalue weighted by Crippen LogP contribution is -2.36. The van der Waals surface area contributed by atoms with Crippen LogP contribution in [0.25, 0.3) is 11.3 Å². The Morgan fingerprint density at radius 2 is 1.80 bits per heavy atom. The zero-order chi connectivity index (χ0) is 21.0. The molecule has 1 aromatic heterocycles. The molecule has 1 aliphatic heterocycles. The van der Waals surface area contributed by atoms with Gasteiger partial charge in [-0.1, -0.05) is 18.2 Å². The quantitative estimate of drug-likeness (QED) is 0.648. The summed E-state index contributed by atoms with van der Waals surface area (Å²) in [5, 5.41) is 8.63. The van der Waals surface area contributed by atoms with Crippen LogP contribution in [-0.4, -0.2) is 52.0 Å². The van der Waals surface area contributed by atoms with Gasteiger partial charge in [0.2, 0.25) is 0 Å². The van der Waals surface area contributed by atoms with Gasteiger partial charge in [0, 0.05) is 30.4 Å². The molecule has 0 spiro atoms. The topological polar surface area (TPSA) is 93.7 Å².